The minimum atomic E-state index is -3.50. The van der Waals surface area contributed by atoms with Crippen LogP contribution in [0.3, 0.4) is 0 Å². The third-order valence-corrected chi connectivity index (χ3v) is 6.53. The van der Waals surface area contributed by atoms with E-state index in [1.54, 1.807) is 43.5 Å². The van der Waals surface area contributed by atoms with E-state index in [-0.39, 0.29) is 23.0 Å². The van der Waals surface area contributed by atoms with Gasteiger partial charge in [-0.2, -0.15) is 0 Å². The van der Waals surface area contributed by atoms with Gasteiger partial charge < -0.3 is 10.1 Å². The third-order valence-electron chi connectivity index (χ3n) is 5.10. The number of ether oxygens (including phenoxy) is 1. The van der Waals surface area contributed by atoms with Crippen LogP contribution >= 0.6 is 0 Å². The molecule has 3 aromatic carbocycles. The zero-order valence-corrected chi connectivity index (χ0v) is 18.7. The molecule has 0 spiro atoms. The van der Waals surface area contributed by atoms with E-state index in [2.05, 4.69) is 10.0 Å². The second kappa shape index (κ2) is 10.4. The van der Waals surface area contributed by atoms with Crippen LogP contribution in [0.25, 0.3) is 0 Å². The molecule has 1 amide bonds. The van der Waals surface area contributed by atoms with Gasteiger partial charge in [0, 0.05) is 6.42 Å². The first-order valence-corrected chi connectivity index (χ1v) is 11.5. The van der Waals surface area contributed by atoms with Gasteiger partial charge in [0.1, 0.15) is 11.6 Å². The van der Waals surface area contributed by atoms with Crippen molar-refractivity contribution in [2.45, 2.75) is 23.8 Å². The standard InChI is InChI=1S/C24H25FN2O4S/c1-26-32(29,30)22-14-3-17(4-15-22)5-16-23(28)27-24(18-6-10-20(25)11-7-18)19-8-12-21(31-2)13-9-19/h3-4,6-15,24,26H,5,16H2,1-2H3,(H,27,28). The molecule has 0 fully saturated rings. The van der Waals surface area contributed by atoms with Crippen LogP contribution in [0.5, 0.6) is 5.75 Å². The molecule has 168 valence electrons. The number of halogens is 1. The van der Waals surface area contributed by atoms with Crippen LogP contribution < -0.4 is 14.8 Å². The van der Waals surface area contributed by atoms with Crippen LogP contribution in [-0.4, -0.2) is 28.5 Å². The number of carbonyl (C=O) groups excluding carboxylic acids is 1. The molecule has 3 rings (SSSR count). The average molecular weight is 457 g/mol. The highest BCUT2D eigenvalue weighted by atomic mass is 32.2. The Balaban J connectivity index is 1.71. The molecule has 3 aromatic rings. The lowest BCUT2D eigenvalue weighted by Crippen LogP contribution is -2.29. The molecule has 0 saturated heterocycles. The van der Waals surface area contributed by atoms with E-state index in [0.717, 1.165) is 16.7 Å². The number of amides is 1. The van der Waals surface area contributed by atoms with E-state index in [9.17, 15) is 17.6 Å². The molecular formula is C24H25FN2O4S. The van der Waals surface area contributed by atoms with Crippen molar-refractivity contribution in [2.24, 2.45) is 0 Å². The normalized spacial score (nSPS) is 12.2. The number of hydrogen-bond donors (Lipinski definition) is 2. The SMILES string of the molecule is CNS(=O)(=O)c1ccc(CCC(=O)NC(c2ccc(F)cc2)c2ccc(OC)cc2)cc1. The quantitative estimate of drug-likeness (QED) is 0.516. The Hall–Kier alpha value is -3.23. The topological polar surface area (TPSA) is 84.5 Å². The molecule has 0 aliphatic rings. The van der Waals surface area contributed by atoms with Crippen molar-refractivity contribution in [3.8, 4) is 5.75 Å². The number of rotatable bonds is 9. The first kappa shape index (κ1) is 23.4. The smallest absolute Gasteiger partial charge is 0.240 e. The van der Waals surface area contributed by atoms with E-state index in [4.69, 9.17) is 4.74 Å². The molecule has 0 radical (unpaired) electrons. The van der Waals surface area contributed by atoms with Crippen molar-refractivity contribution in [2.75, 3.05) is 14.2 Å². The van der Waals surface area contributed by atoms with Crippen LogP contribution in [-0.2, 0) is 21.2 Å². The molecule has 0 aromatic heterocycles. The largest absolute Gasteiger partial charge is 0.497 e. The van der Waals surface area contributed by atoms with Crippen LogP contribution in [0.4, 0.5) is 4.39 Å². The monoisotopic (exact) mass is 456 g/mol. The van der Waals surface area contributed by atoms with Crippen molar-refractivity contribution in [3.63, 3.8) is 0 Å². The Morgan fingerprint density at radius 2 is 1.50 bits per heavy atom. The van der Waals surface area contributed by atoms with Crippen molar-refractivity contribution >= 4 is 15.9 Å². The molecular weight excluding hydrogens is 431 g/mol. The van der Waals surface area contributed by atoms with Crippen LogP contribution in [0.2, 0.25) is 0 Å². The number of nitrogens with one attached hydrogen (secondary N) is 2. The highest BCUT2D eigenvalue weighted by molar-refractivity contribution is 7.89. The summed E-state index contributed by atoms with van der Waals surface area (Å²) in [5.41, 5.74) is 2.44. The molecule has 2 N–H and O–H groups in total. The van der Waals surface area contributed by atoms with E-state index in [0.29, 0.717) is 12.2 Å². The summed E-state index contributed by atoms with van der Waals surface area (Å²) in [6.45, 7) is 0. The number of benzene rings is 3. The van der Waals surface area contributed by atoms with E-state index < -0.39 is 16.1 Å². The number of carbonyl (C=O) groups is 1. The van der Waals surface area contributed by atoms with Gasteiger partial charge in [-0.1, -0.05) is 36.4 Å². The maximum absolute atomic E-state index is 13.4. The van der Waals surface area contributed by atoms with Gasteiger partial charge in [-0.15, -0.1) is 0 Å². The number of aryl methyl sites for hydroxylation is 1. The van der Waals surface area contributed by atoms with Gasteiger partial charge in [0.05, 0.1) is 18.0 Å². The lowest BCUT2D eigenvalue weighted by atomic mass is 9.98. The zero-order valence-electron chi connectivity index (χ0n) is 17.8. The number of methoxy groups -OCH3 is 1. The fraction of sp³-hybridized carbons (Fsp3) is 0.208. The molecule has 1 unspecified atom stereocenters. The third kappa shape index (κ3) is 5.93. The molecule has 1 atom stereocenters. The minimum absolute atomic E-state index is 0.170. The highest BCUT2D eigenvalue weighted by Crippen LogP contribution is 2.25. The summed E-state index contributed by atoms with van der Waals surface area (Å²) in [7, 11) is -0.563. The van der Waals surface area contributed by atoms with Gasteiger partial charge in [-0.05, 0) is 66.6 Å². The van der Waals surface area contributed by atoms with Gasteiger partial charge in [-0.3, -0.25) is 4.79 Å². The van der Waals surface area contributed by atoms with Crippen LogP contribution in [0, 0.1) is 5.82 Å². The number of hydrogen-bond acceptors (Lipinski definition) is 4. The van der Waals surface area contributed by atoms with Gasteiger partial charge in [0.15, 0.2) is 0 Å². The van der Waals surface area contributed by atoms with Gasteiger partial charge in [-0.25, -0.2) is 17.5 Å². The van der Waals surface area contributed by atoms with E-state index in [1.165, 1.54) is 31.3 Å². The van der Waals surface area contributed by atoms with Crippen LogP contribution in [0.15, 0.2) is 77.7 Å². The maximum atomic E-state index is 13.4. The summed E-state index contributed by atoms with van der Waals surface area (Å²) in [6.07, 6.45) is 0.663. The van der Waals surface area contributed by atoms with E-state index >= 15 is 0 Å². The summed E-state index contributed by atoms with van der Waals surface area (Å²) < 4.78 is 44.5. The van der Waals surface area contributed by atoms with Crippen molar-refractivity contribution in [1.82, 2.24) is 10.0 Å². The predicted molar refractivity (Wildman–Crippen MR) is 120 cm³/mol. The second-order valence-corrected chi connectivity index (χ2v) is 9.06. The Kier molecular flexibility index (Phi) is 7.61. The summed E-state index contributed by atoms with van der Waals surface area (Å²) in [5.74, 6) is 0.168. The summed E-state index contributed by atoms with van der Waals surface area (Å²) in [5, 5.41) is 3.01. The fourth-order valence-corrected chi connectivity index (χ4v) is 3.98. The molecule has 0 aliphatic carbocycles. The molecule has 0 saturated carbocycles. The summed E-state index contributed by atoms with van der Waals surface area (Å²) >= 11 is 0. The first-order valence-electron chi connectivity index (χ1n) is 10.0. The second-order valence-electron chi connectivity index (χ2n) is 7.18. The van der Waals surface area contributed by atoms with Crippen molar-refractivity contribution in [1.29, 1.82) is 0 Å². The Bertz CT molecular complexity index is 1150. The summed E-state index contributed by atoms with van der Waals surface area (Å²) in [6, 6.07) is 19.3. The van der Waals surface area contributed by atoms with Crippen molar-refractivity contribution in [3.05, 3.63) is 95.3 Å². The maximum Gasteiger partial charge on any atom is 0.240 e. The molecule has 0 aliphatic heterocycles. The molecule has 0 bridgehead atoms. The highest BCUT2D eigenvalue weighted by Gasteiger charge is 2.18. The lowest BCUT2D eigenvalue weighted by molar-refractivity contribution is -0.121. The molecule has 8 heteroatoms. The molecule has 0 heterocycles. The Labute approximate surface area is 187 Å². The zero-order chi connectivity index (χ0) is 23.1. The van der Waals surface area contributed by atoms with Gasteiger partial charge >= 0.3 is 0 Å². The van der Waals surface area contributed by atoms with Gasteiger partial charge in [0.2, 0.25) is 15.9 Å². The van der Waals surface area contributed by atoms with E-state index in [1.807, 2.05) is 12.1 Å². The molecule has 6 nitrogen and oxygen atoms in total. The average Bonchev–Trinajstić information content (AvgIpc) is 2.82. The Morgan fingerprint density at radius 1 is 0.938 bits per heavy atom. The first-order chi connectivity index (χ1) is 15.3. The molecule has 32 heavy (non-hydrogen) atoms. The predicted octanol–water partition coefficient (Wildman–Crippen LogP) is 3.58. The Morgan fingerprint density at radius 3 is 2.03 bits per heavy atom. The van der Waals surface area contributed by atoms with Crippen molar-refractivity contribution < 1.29 is 22.3 Å². The van der Waals surface area contributed by atoms with Gasteiger partial charge in [0.25, 0.3) is 0 Å². The van der Waals surface area contributed by atoms with Crippen LogP contribution in [0.1, 0.15) is 29.2 Å². The lowest BCUT2D eigenvalue weighted by Gasteiger charge is -2.20. The fourth-order valence-electron chi connectivity index (χ4n) is 3.25. The summed E-state index contributed by atoms with van der Waals surface area (Å²) in [4.78, 5) is 12.9. The number of sulfonamides is 1. The minimum Gasteiger partial charge on any atom is -0.497 e.